The Morgan fingerprint density at radius 2 is 1.97 bits per heavy atom. The molecule has 0 aliphatic heterocycles. The zero-order valence-corrected chi connectivity index (χ0v) is 19.7. The van der Waals surface area contributed by atoms with Crippen molar-refractivity contribution in [2.75, 3.05) is 19.8 Å². The number of carbonyl (C=O) groups excluding carboxylic acids is 2. The molecule has 0 saturated heterocycles. The van der Waals surface area contributed by atoms with Gasteiger partial charge in [-0.1, -0.05) is 11.6 Å². The maximum atomic E-state index is 12.4. The van der Waals surface area contributed by atoms with Gasteiger partial charge < -0.3 is 18.6 Å². The van der Waals surface area contributed by atoms with Gasteiger partial charge in [0, 0.05) is 5.39 Å². The summed E-state index contributed by atoms with van der Waals surface area (Å²) in [7, 11) is 0. The molecular weight excluding hydrogens is 504 g/mol. The van der Waals surface area contributed by atoms with Gasteiger partial charge in [0.15, 0.2) is 18.1 Å². The second-order valence-electron chi connectivity index (χ2n) is 6.35. The Morgan fingerprint density at radius 3 is 2.69 bits per heavy atom. The molecular formula is C22H20BrClN2O6. The topological polar surface area (TPSA) is 99.4 Å². The third-order valence-corrected chi connectivity index (χ3v) is 4.93. The number of rotatable bonds is 9. The number of furan rings is 1. The molecule has 32 heavy (non-hydrogen) atoms. The van der Waals surface area contributed by atoms with E-state index in [4.69, 9.17) is 30.2 Å². The number of hydrogen-bond donors (Lipinski definition) is 1. The molecule has 3 aromatic rings. The van der Waals surface area contributed by atoms with Gasteiger partial charge in [0.1, 0.15) is 11.3 Å². The highest BCUT2D eigenvalue weighted by Crippen LogP contribution is 2.34. The van der Waals surface area contributed by atoms with Gasteiger partial charge in [-0.3, -0.25) is 4.79 Å². The average molecular weight is 524 g/mol. The highest BCUT2D eigenvalue weighted by Gasteiger charge is 2.13. The highest BCUT2D eigenvalue weighted by molar-refractivity contribution is 9.10. The second-order valence-corrected chi connectivity index (χ2v) is 7.61. The van der Waals surface area contributed by atoms with E-state index in [0.29, 0.717) is 33.7 Å². The first-order valence-corrected chi connectivity index (χ1v) is 10.9. The lowest BCUT2D eigenvalue weighted by atomic mass is 10.2. The monoisotopic (exact) mass is 522 g/mol. The molecule has 0 spiro atoms. The summed E-state index contributed by atoms with van der Waals surface area (Å²) in [4.78, 5) is 23.8. The van der Waals surface area contributed by atoms with Gasteiger partial charge in [0.2, 0.25) is 0 Å². The van der Waals surface area contributed by atoms with Crippen LogP contribution in [0.5, 0.6) is 11.5 Å². The lowest BCUT2D eigenvalue weighted by Crippen LogP contribution is -2.16. The van der Waals surface area contributed by atoms with Crippen LogP contribution < -0.4 is 14.9 Å². The number of esters is 1. The van der Waals surface area contributed by atoms with E-state index in [2.05, 4.69) is 26.5 Å². The first kappa shape index (κ1) is 23.6. The Balaban J connectivity index is 1.64. The largest absolute Gasteiger partial charge is 0.494 e. The molecule has 3 rings (SSSR count). The molecule has 0 atom stereocenters. The number of halogens is 2. The summed E-state index contributed by atoms with van der Waals surface area (Å²) in [5.74, 6) is 0.115. The number of fused-ring (bicyclic) bond motifs is 1. The van der Waals surface area contributed by atoms with Crippen molar-refractivity contribution in [1.29, 1.82) is 0 Å². The van der Waals surface area contributed by atoms with Crippen LogP contribution in [0.15, 0.2) is 50.4 Å². The zero-order chi connectivity index (χ0) is 23.1. The third kappa shape index (κ3) is 6.02. The van der Waals surface area contributed by atoms with E-state index in [-0.39, 0.29) is 24.0 Å². The molecule has 2 aromatic carbocycles. The number of benzene rings is 2. The number of hydrogen-bond acceptors (Lipinski definition) is 7. The Hall–Kier alpha value is -3.04. The molecule has 0 aliphatic carbocycles. The van der Waals surface area contributed by atoms with Crippen LogP contribution in [0.25, 0.3) is 11.0 Å². The Morgan fingerprint density at radius 1 is 1.16 bits per heavy atom. The second kappa shape index (κ2) is 11.0. The van der Waals surface area contributed by atoms with Crippen LogP contribution in [-0.4, -0.2) is 37.9 Å². The van der Waals surface area contributed by atoms with Crippen LogP contribution in [0.2, 0.25) is 5.02 Å². The fraction of sp³-hybridized carbons (Fsp3) is 0.227. The molecule has 1 heterocycles. The molecule has 0 radical (unpaired) electrons. The van der Waals surface area contributed by atoms with Crippen LogP contribution in [0, 0.1) is 0 Å². The van der Waals surface area contributed by atoms with Crippen molar-refractivity contribution in [2.24, 2.45) is 5.10 Å². The van der Waals surface area contributed by atoms with Gasteiger partial charge in [-0.15, -0.1) is 0 Å². The van der Waals surface area contributed by atoms with Crippen molar-refractivity contribution >= 4 is 56.6 Å². The highest BCUT2D eigenvalue weighted by atomic mass is 79.9. The van der Waals surface area contributed by atoms with Crippen LogP contribution >= 0.6 is 27.5 Å². The van der Waals surface area contributed by atoms with Gasteiger partial charge in [-0.2, -0.15) is 5.10 Å². The molecule has 10 heteroatoms. The number of carbonyl (C=O) groups is 2. The summed E-state index contributed by atoms with van der Waals surface area (Å²) in [6, 6.07) is 10.2. The molecule has 1 N–H and O–H groups in total. The van der Waals surface area contributed by atoms with Gasteiger partial charge in [0.25, 0.3) is 0 Å². The van der Waals surface area contributed by atoms with Crippen molar-refractivity contribution in [3.05, 3.63) is 57.2 Å². The summed E-state index contributed by atoms with van der Waals surface area (Å²) in [6.45, 7) is 4.15. The molecule has 0 unspecified atom stereocenters. The molecule has 0 fully saturated rings. The van der Waals surface area contributed by atoms with Crippen molar-refractivity contribution in [3.63, 3.8) is 0 Å². The SMILES string of the molecule is CCOC(=O)COc1c(Cl)cc(/C=N/NC(=O)c2cc3cc(OCC)ccc3o2)cc1Br. The van der Waals surface area contributed by atoms with Crippen molar-refractivity contribution < 1.29 is 28.2 Å². The Kier molecular flexibility index (Phi) is 8.13. The predicted molar refractivity (Wildman–Crippen MR) is 124 cm³/mol. The lowest BCUT2D eigenvalue weighted by Gasteiger charge is -2.10. The molecule has 0 aliphatic rings. The molecule has 0 bridgehead atoms. The number of nitrogens with zero attached hydrogens (tertiary/aromatic N) is 1. The van der Waals surface area contributed by atoms with E-state index in [1.807, 2.05) is 6.92 Å². The minimum Gasteiger partial charge on any atom is -0.494 e. The number of ether oxygens (including phenoxy) is 3. The van der Waals surface area contributed by atoms with Gasteiger partial charge in [-0.25, -0.2) is 10.2 Å². The lowest BCUT2D eigenvalue weighted by molar-refractivity contribution is -0.145. The minimum atomic E-state index is -0.505. The van der Waals surface area contributed by atoms with Gasteiger partial charge in [0.05, 0.1) is 28.9 Å². The fourth-order valence-electron chi connectivity index (χ4n) is 2.74. The zero-order valence-electron chi connectivity index (χ0n) is 17.3. The van der Waals surface area contributed by atoms with Crippen LogP contribution in [0.1, 0.15) is 30.0 Å². The molecule has 168 valence electrons. The first-order chi connectivity index (χ1) is 15.4. The molecule has 1 amide bonds. The van der Waals surface area contributed by atoms with Crippen LogP contribution in [0.3, 0.4) is 0 Å². The molecule has 8 nitrogen and oxygen atoms in total. The summed E-state index contributed by atoms with van der Waals surface area (Å²) in [5, 5.41) is 4.95. The summed E-state index contributed by atoms with van der Waals surface area (Å²) in [5.41, 5.74) is 3.57. The number of hydrazone groups is 1. The first-order valence-electron chi connectivity index (χ1n) is 9.68. The summed E-state index contributed by atoms with van der Waals surface area (Å²) >= 11 is 9.58. The maximum Gasteiger partial charge on any atom is 0.344 e. The Labute approximate surface area is 197 Å². The van der Waals surface area contributed by atoms with E-state index in [1.165, 1.54) is 6.21 Å². The quantitative estimate of drug-likeness (QED) is 0.242. The van der Waals surface area contributed by atoms with Gasteiger partial charge in [-0.05, 0) is 71.7 Å². The van der Waals surface area contributed by atoms with Crippen molar-refractivity contribution in [3.8, 4) is 11.5 Å². The smallest absolute Gasteiger partial charge is 0.344 e. The van der Waals surface area contributed by atoms with E-state index < -0.39 is 11.9 Å². The average Bonchev–Trinajstić information content (AvgIpc) is 3.17. The fourth-order valence-corrected chi connectivity index (χ4v) is 3.72. The van der Waals surface area contributed by atoms with Gasteiger partial charge >= 0.3 is 11.9 Å². The summed E-state index contributed by atoms with van der Waals surface area (Å²) in [6.07, 6.45) is 1.42. The number of nitrogens with one attached hydrogen (secondary N) is 1. The van der Waals surface area contributed by atoms with E-state index in [9.17, 15) is 9.59 Å². The van der Waals surface area contributed by atoms with Crippen LogP contribution in [-0.2, 0) is 9.53 Å². The predicted octanol–water partition coefficient (Wildman–Crippen LogP) is 4.95. The minimum absolute atomic E-state index is 0.118. The molecule has 1 aromatic heterocycles. The normalized spacial score (nSPS) is 11.0. The van der Waals surface area contributed by atoms with E-state index >= 15 is 0 Å². The molecule has 0 saturated carbocycles. The van der Waals surface area contributed by atoms with E-state index in [0.717, 1.165) is 5.39 Å². The third-order valence-electron chi connectivity index (χ3n) is 4.06. The maximum absolute atomic E-state index is 12.4. The van der Waals surface area contributed by atoms with E-state index in [1.54, 1.807) is 43.3 Å². The van der Waals surface area contributed by atoms with Crippen LogP contribution in [0.4, 0.5) is 0 Å². The summed E-state index contributed by atoms with van der Waals surface area (Å²) < 4.78 is 21.7. The standard InChI is InChI=1S/C22H20BrClN2O6/c1-3-29-15-5-6-18-14(9-15)10-19(32-18)22(28)26-25-11-13-7-16(23)21(17(24)8-13)31-12-20(27)30-4-2/h5-11H,3-4,12H2,1-2H3,(H,26,28)/b25-11+. The van der Waals surface area contributed by atoms with Crippen molar-refractivity contribution in [2.45, 2.75) is 13.8 Å². The Bertz CT molecular complexity index is 1140. The number of amides is 1. The van der Waals surface area contributed by atoms with Crippen molar-refractivity contribution in [1.82, 2.24) is 5.43 Å².